The second kappa shape index (κ2) is 4.91. The molecular formula is C10H10BrNO2. The molecule has 0 aliphatic heterocycles. The summed E-state index contributed by atoms with van der Waals surface area (Å²) in [5, 5.41) is 8.62. The molecule has 4 heteroatoms. The Kier molecular flexibility index (Phi) is 3.83. The zero-order chi connectivity index (χ0) is 10.6. The fourth-order valence-electron chi connectivity index (χ4n) is 1.10. The van der Waals surface area contributed by atoms with Crippen LogP contribution in [0.1, 0.15) is 18.9 Å². The second-order valence-corrected chi connectivity index (χ2v) is 3.54. The molecule has 0 spiro atoms. The molecule has 0 bridgehead atoms. The monoisotopic (exact) mass is 255 g/mol. The van der Waals surface area contributed by atoms with E-state index in [4.69, 9.17) is 5.11 Å². The highest BCUT2D eigenvalue weighted by Gasteiger charge is 2.02. The van der Waals surface area contributed by atoms with Crippen LogP contribution in [0.4, 0.5) is 0 Å². The molecule has 3 nitrogen and oxygen atoms in total. The minimum atomic E-state index is -0.926. The highest BCUT2D eigenvalue weighted by molar-refractivity contribution is 9.10. The van der Waals surface area contributed by atoms with Gasteiger partial charge in [0.05, 0.1) is 0 Å². The molecule has 1 aromatic rings. The fourth-order valence-corrected chi connectivity index (χ4v) is 1.34. The van der Waals surface area contributed by atoms with Crippen LogP contribution in [-0.2, 0) is 4.79 Å². The normalized spacial score (nSPS) is 11.4. The molecule has 1 heterocycles. The topological polar surface area (TPSA) is 50.2 Å². The Hall–Kier alpha value is -1.16. The van der Waals surface area contributed by atoms with Gasteiger partial charge >= 0.3 is 5.97 Å². The number of allylic oxidation sites excluding steroid dienone is 1. The first-order valence-electron chi connectivity index (χ1n) is 4.19. The van der Waals surface area contributed by atoms with Crippen molar-refractivity contribution in [3.05, 3.63) is 34.6 Å². The summed E-state index contributed by atoms with van der Waals surface area (Å²) in [5.41, 5.74) is 1.62. The number of nitrogens with zero attached hydrogens (tertiary/aromatic N) is 1. The maximum absolute atomic E-state index is 10.5. The summed E-state index contributed by atoms with van der Waals surface area (Å²) in [6.45, 7) is 1.91. The first kappa shape index (κ1) is 10.9. The number of aromatic nitrogens is 1. The van der Waals surface area contributed by atoms with E-state index in [-0.39, 0.29) is 0 Å². The van der Waals surface area contributed by atoms with Crippen molar-refractivity contribution in [3.8, 4) is 0 Å². The number of hydrogen-bond donors (Lipinski definition) is 1. The van der Waals surface area contributed by atoms with Crippen molar-refractivity contribution < 1.29 is 9.90 Å². The lowest BCUT2D eigenvalue weighted by atomic mass is 10.1. The number of hydrogen-bond acceptors (Lipinski definition) is 2. The van der Waals surface area contributed by atoms with Crippen molar-refractivity contribution >= 4 is 27.5 Å². The van der Waals surface area contributed by atoms with Crippen molar-refractivity contribution in [1.82, 2.24) is 4.98 Å². The van der Waals surface area contributed by atoms with Gasteiger partial charge in [0.15, 0.2) is 0 Å². The van der Waals surface area contributed by atoms with E-state index in [0.717, 1.165) is 15.7 Å². The lowest BCUT2D eigenvalue weighted by Gasteiger charge is -2.02. The van der Waals surface area contributed by atoms with Gasteiger partial charge in [-0.05, 0) is 39.6 Å². The van der Waals surface area contributed by atoms with Crippen LogP contribution in [0.15, 0.2) is 29.0 Å². The summed E-state index contributed by atoms with van der Waals surface area (Å²) >= 11 is 3.22. The second-order valence-electron chi connectivity index (χ2n) is 2.73. The highest BCUT2D eigenvalue weighted by atomic mass is 79.9. The third-order valence-corrected chi connectivity index (χ3v) is 2.25. The van der Waals surface area contributed by atoms with Crippen LogP contribution in [-0.4, -0.2) is 16.1 Å². The average Bonchev–Trinajstić information content (AvgIpc) is 2.15. The van der Waals surface area contributed by atoms with E-state index in [1.165, 1.54) is 6.08 Å². The molecule has 0 atom stereocenters. The van der Waals surface area contributed by atoms with Gasteiger partial charge in [0.2, 0.25) is 0 Å². The summed E-state index contributed by atoms with van der Waals surface area (Å²) in [7, 11) is 0. The molecule has 1 N–H and O–H groups in total. The average molecular weight is 256 g/mol. The third kappa shape index (κ3) is 2.96. The van der Waals surface area contributed by atoms with Crippen LogP contribution in [0, 0.1) is 0 Å². The van der Waals surface area contributed by atoms with Crippen LogP contribution in [0.2, 0.25) is 0 Å². The molecule has 0 radical (unpaired) electrons. The SMILES string of the molecule is CC/C(=C\C(=O)O)c1ccc(Br)nc1. The zero-order valence-corrected chi connectivity index (χ0v) is 9.28. The number of carboxylic acid groups (broad SMARTS) is 1. The number of pyridine rings is 1. The smallest absolute Gasteiger partial charge is 0.328 e. The molecule has 1 aromatic heterocycles. The molecular weight excluding hydrogens is 246 g/mol. The van der Waals surface area contributed by atoms with Crippen LogP contribution in [0.25, 0.3) is 5.57 Å². The Morgan fingerprint density at radius 1 is 1.64 bits per heavy atom. The van der Waals surface area contributed by atoms with E-state index in [1.54, 1.807) is 12.3 Å². The van der Waals surface area contributed by atoms with E-state index >= 15 is 0 Å². The third-order valence-electron chi connectivity index (χ3n) is 1.78. The molecule has 14 heavy (non-hydrogen) atoms. The molecule has 0 aromatic carbocycles. The first-order valence-corrected chi connectivity index (χ1v) is 4.98. The maximum atomic E-state index is 10.5. The largest absolute Gasteiger partial charge is 0.478 e. The van der Waals surface area contributed by atoms with Crippen molar-refractivity contribution in [3.63, 3.8) is 0 Å². The van der Waals surface area contributed by atoms with Gasteiger partial charge < -0.3 is 5.11 Å². The molecule has 0 saturated heterocycles. The van der Waals surface area contributed by atoms with Crippen LogP contribution in [0.3, 0.4) is 0 Å². The summed E-state index contributed by atoms with van der Waals surface area (Å²) in [6, 6.07) is 3.63. The number of carboxylic acids is 1. The van der Waals surface area contributed by atoms with Crippen molar-refractivity contribution in [2.24, 2.45) is 0 Å². The lowest BCUT2D eigenvalue weighted by Crippen LogP contribution is -1.92. The number of aliphatic carboxylic acids is 1. The van der Waals surface area contributed by atoms with E-state index in [9.17, 15) is 4.79 Å². The van der Waals surface area contributed by atoms with Gasteiger partial charge in [0.1, 0.15) is 4.60 Å². The number of halogens is 1. The first-order chi connectivity index (χ1) is 6.63. The van der Waals surface area contributed by atoms with E-state index in [0.29, 0.717) is 6.42 Å². The van der Waals surface area contributed by atoms with Gasteiger partial charge in [-0.3, -0.25) is 0 Å². The maximum Gasteiger partial charge on any atom is 0.328 e. The van der Waals surface area contributed by atoms with Gasteiger partial charge in [0, 0.05) is 12.3 Å². The van der Waals surface area contributed by atoms with Gasteiger partial charge in [-0.2, -0.15) is 0 Å². The van der Waals surface area contributed by atoms with E-state index < -0.39 is 5.97 Å². The Labute approximate surface area is 90.6 Å². The molecule has 0 aliphatic rings. The molecule has 74 valence electrons. The molecule has 0 fully saturated rings. The summed E-state index contributed by atoms with van der Waals surface area (Å²) in [5.74, 6) is -0.926. The molecule has 1 rings (SSSR count). The summed E-state index contributed by atoms with van der Waals surface area (Å²) in [4.78, 5) is 14.5. The molecule has 0 unspecified atom stereocenters. The number of carbonyl (C=O) groups is 1. The predicted octanol–water partition coefficient (Wildman–Crippen LogP) is 2.72. The van der Waals surface area contributed by atoms with Gasteiger partial charge in [-0.15, -0.1) is 0 Å². The predicted molar refractivity (Wildman–Crippen MR) is 57.8 cm³/mol. The van der Waals surface area contributed by atoms with E-state index in [2.05, 4.69) is 20.9 Å². The van der Waals surface area contributed by atoms with Crippen LogP contribution in [0.5, 0.6) is 0 Å². The molecule has 0 aliphatic carbocycles. The van der Waals surface area contributed by atoms with Gasteiger partial charge in [-0.1, -0.05) is 13.0 Å². The minimum Gasteiger partial charge on any atom is -0.478 e. The summed E-state index contributed by atoms with van der Waals surface area (Å²) in [6.07, 6.45) is 3.54. The zero-order valence-electron chi connectivity index (χ0n) is 7.70. The Morgan fingerprint density at radius 2 is 2.36 bits per heavy atom. The van der Waals surface area contributed by atoms with Crippen LogP contribution >= 0.6 is 15.9 Å². The lowest BCUT2D eigenvalue weighted by molar-refractivity contribution is -0.131. The molecule has 0 saturated carbocycles. The van der Waals surface area contributed by atoms with Crippen molar-refractivity contribution in [2.45, 2.75) is 13.3 Å². The minimum absolute atomic E-state index is 0.676. The summed E-state index contributed by atoms with van der Waals surface area (Å²) < 4.78 is 0.743. The Morgan fingerprint density at radius 3 is 2.79 bits per heavy atom. The fraction of sp³-hybridized carbons (Fsp3) is 0.200. The number of rotatable bonds is 3. The van der Waals surface area contributed by atoms with Crippen molar-refractivity contribution in [1.29, 1.82) is 0 Å². The van der Waals surface area contributed by atoms with E-state index in [1.807, 2.05) is 13.0 Å². The van der Waals surface area contributed by atoms with Gasteiger partial charge in [0.25, 0.3) is 0 Å². The Bertz CT molecular complexity index is 357. The Balaban J connectivity index is 3.01. The quantitative estimate of drug-likeness (QED) is 0.668. The highest BCUT2D eigenvalue weighted by Crippen LogP contribution is 2.18. The van der Waals surface area contributed by atoms with Crippen LogP contribution < -0.4 is 0 Å². The molecule has 0 amide bonds. The van der Waals surface area contributed by atoms with Crippen molar-refractivity contribution in [2.75, 3.05) is 0 Å². The standard InChI is InChI=1S/C10H10BrNO2/c1-2-7(5-10(13)14)8-3-4-9(11)12-6-8/h3-6H,2H2,1H3,(H,13,14)/b7-5+. The van der Waals surface area contributed by atoms with Gasteiger partial charge in [-0.25, -0.2) is 9.78 Å².